The van der Waals surface area contributed by atoms with E-state index in [1.54, 1.807) is 0 Å². The molecule has 1 saturated heterocycles. The quantitative estimate of drug-likeness (QED) is 0.522. The molecule has 5 heteroatoms. The number of hydrogen-bond acceptors (Lipinski definition) is 3. The summed E-state index contributed by atoms with van der Waals surface area (Å²) in [6.45, 7) is 9.28. The van der Waals surface area contributed by atoms with Crippen LogP contribution in [0.3, 0.4) is 0 Å². The van der Waals surface area contributed by atoms with Gasteiger partial charge in [0.2, 0.25) is 0 Å². The fraction of sp³-hybridized carbons (Fsp3) is 0.480. The number of hydrogen-bond donors (Lipinski definition) is 2. The molecule has 0 radical (unpaired) electrons. The Morgan fingerprint density at radius 1 is 1.00 bits per heavy atom. The minimum Gasteiger partial charge on any atom is -0.379 e. The Bertz CT molecular complexity index is 826. The highest BCUT2D eigenvalue weighted by Crippen LogP contribution is 2.47. The van der Waals surface area contributed by atoms with Gasteiger partial charge in [-0.05, 0) is 36.5 Å². The van der Waals surface area contributed by atoms with Crippen molar-refractivity contribution >= 4 is 5.96 Å². The highest BCUT2D eigenvalue weighted by Gasteiger charge is 2.43. The largest absolute Gasteiger partial charge is 0.379 e. The van der Waals surface area contributed by atoms with Gasteiger partial charge in [-0.25, -0.2) is 4.99 Å². The molecule has 1 saturated carbocycles. The molecule has 5 nitrogen and oxygen atoms in total. The molecule has 30 heavy (non-hydrogen) atoms. The third-order valence-electron chi connectivity index (χ3n) is 6.10. The van der Waals surface area contributed by atoms with Gasteiger partial charge in [-0.3, -0.25) is 4.90 Å². The number of morpholine rings is 1. The Balaban J connectivity index is 1.35. The summed E-state index contributed by atoms with van der Waals surface area (Å²) in [5.74, 6) is 0.901. The normalized spacial score (nSPS) is 18.8. The smallest absolute Gasteiger partial charge is 0.191 e. The van der Waals surface area contributed by atoms with Gasteiger partial charge in [0.05, 0.1) is 19.8 Å². The predicted molar refractivity (Wildman–Crippen MR) is 123 cm³/mol. The van der Waals surface area contributed by atoms with Crippen LogP contribution in [-0.2, 0) is 23.2 Å². The van der Waals surface area contributed by atoms with Crippen LogP contribution >= 0.6 is 0 Å². The summed E-state index contributed by atoms with van der Waals surface area (Å²) in [4.78, 5) is 7.31. The lowest BCUT2D eigenvalue weighted by atomic mass is 9.96. The van der Waals surface area contributed by atoms with E-state index in [1.807, 2.05) is 0 Å². The number of aliphatic imine (C=N–C) groups is 1. The van der Waals surface area contributed by atoms with E-state index in [0.29, 0.717) is 6.54 Å². The molecule has 0 aromatic heterocycles. The summed E-state index contributed by atoms with van der Waals surface area (Å²) in [6, 6.07) is 19.7. The zero-order valence-electron chi connectivity index (χ0n) is 18.1. The lowest BCUT2D eigenvalue weighted by molar-refractivity contribution is 0.0342. The molecule has 0 bridgehead atoms. The average Bonchev–Trinajstić information content (AvgIpc) is 3.59. The first-order chi connectivity index (χ1) is 14.8. The molecule has 2 fully saturated rings. The Kier molecular flexibility index (Phi) is 7.03. The second kappa shape index (κ2) is 10.1. The van der Waals surface area contributed by atoms with Gasteiger partial charge < -0.3 is 15.4 Å². The summed E-state index contributed by atoms with van der Waals surface area (Å²) < 4.78 is 5.46. The third-order valence-corrected chi connectivity index (χ3v) is 6.10. The number of benzene rings is 2. The topological polar surface area (TPSA) is 48.9 Å². The molecule has 160 valence electrons. The molecule has 1 heterocycles. The first kappa shape index (κ1) is 20.9. The molecular formula is C25H34N4O. The number of nitrogens with zero attached hydrogens (tertiary/aromatic N) is 2. The zero-order chi connectivity index (χ0) is 20.7. The number of rotatable bonds is 8. The zero-order valence-corrected chi connectivity index (χ0v) is 18.1. The van der Waals surface area contributed by atoms with E-state index in [0.717, 1.165) is 51.9 Å². The van der Waals surface area contributed by atoms with Crippen LogP contribution in [0.15, 0.2) is 59.6 Å². The lowest BCUT2D eigenvalue weighted by Gasteiger charge is -2.26. The van der Waals surface area contributed by atoms with Crippen molar-refractivity contribution in [3.8, 4) is 0 Å². The van der Waals surface area contributed by atoms with Crippen molar-refractivity contribution in [3.05, 3.63) is 71.3 Å². The minimum atomic E-state index is 0.273. The van der Waals surface area contributed by atoms with E-state index in [2.05, 4.69) is 77.1 Å². The molecule has 0 spiro atoms. The third kappa shape index (κ3) is 5.61. The van der Waals surface area contributed by atoms with Gasteiger partial charge in [0.1, 0.15) is 0 Å². The predicted octanol–water partition coefficient (Wildman–Crippen LogP) is 3.31. The minimum absolute atomic E-state index is 0.273. The molecule has 1 aliphatic carbocycles. The van der Waals surface area contributed by atoms with Gasteiger partial charge in [-0.1, -0.05) is 54.6 Å². The molecular weight excluding hydrogens is 372 g/mol. The second-order valence-corrected chi connectivity index (χ2v) is 8.40. The van der Waals surface area contributed by atoms with Crippen LogP contribution in [0, 0.1) is 0 Å². The fourth-order valence-electron chi connectivity index (χ4n) is 4.12. The summed E-state index contributed by atoms with van der Waals surface area (Å²) in [6.07, 6.45) is 2.49. The first-order valence-electron chi connectivity index (χ1n) is 11.2. The summed E-state index contributed by atoms with van der Waals surface area (Å²) in [5.41, 5.74) is 4.31. The van der Waals surface area contributed by atoms with Gasteiger partial charge in [0.15, 0.2) is 5.96 Å². The summed E-state index contributed by atoms with van der Waals surface area (Å²) >= 11 is 0. The summed E-state index contributed by atoms with van der Waals surface area (Å²) in [5, 5.41) is 6.99. The van der Waals surface area contributed by atoms with Crippen molar-refractivity contribution in [1.29, 1.82) is 0 Å². The van der Waals surface area contributed by atoms with Crippen molar-refractivity contribution in [2.45, 2.75) is 38.3 Å². The average molecular weight is 407 g/mol. The Morgan fingerprint density at radius 3 is 2.50 bits per heavy atom. The van der Waals surface area contributed by atoms with Crippen molar-refractivity contribution < 1.29 is 4.74 Å². The first-order valence-corrected chi connectivity index (χ1v) is 11.2. The molecule has 2 aliphatic rings. The van der Waals surface area contributed by atoms with Gasteiger partial charge in [-0.15, -0.1) is 0 Å². The SMILES string of the molecule is CCNC(=NCc1cccc(CN2CCOCC2)c1)NCC1(c2ccccc2)CC1. The van der Waals surface area contributed by atoms with E-state index in [9.17, 15) is 0 Å². The van der Waals surface area contributed by atoms with Crippen molar-refractivity contribution in [2.24, 2.45) is 4.99 Å². The molecule has 0 unspecified atom stereocenters. The van der Waals surface area contributed by atoms with E-state index >= 15 is 0 Å². The Hall–Kier alpha value is -2.37. The van der Waals surface area contributed by atoms with Crippen LogP contribution in [0.1, 0.15) is 36.5 Å². The van der Waals surface area contributed by atoms with Crippen molar-refractivity contribution in [1.82, 2.24) is 15.5 Å². The molecule has 0 atom stereocenters. The highest BCUT2D eigenvalue weighted by atomic mass is 16.5. The molecule has 2 aromatic carbocycles. The Morgan fingerprint density at radius 2 is 1.77 bits per heavy atom. The standard InChI is InChI=1S/C25H34N4O/c1-2-26-24(28-20-25(11-12-25)23-9-4-3-5-10-23)27-18-21-7-6-8-22(17-21)19-29-13-15-30-16-14-29/h3-10,17H,2,11-16,18-20H2,1H3,(H2,26,27,28). The van der Waals surface area contributed by atoms with Crippen molar-refractivity contribution in [2.75, 3.05) is 39.4 Å². The van der Waals surface area contributed by atoms with E-state index in [4.69, 9.17) is 9.73 Å². The fourth-order valence-corrected chi connectivity index (χ4v) is 4.12. The number of guanidine groups is 1. The number of ether oxygens (including phenoxy) is 1. The summed E-state index contributed by atoms with van der Waals surface area (Å²) in [7, 11) is 0. The van der Waals surface area contributed by atoms with E-state index < -0.39 is 0 Å². The molecule has 2 N–H and O–H groups in total. The van der Waals surface area contributed by atoms with Crippen molar-refractivity contribution in [3.63, 3.8) is 0 Å². The molecule has 2 aromatic rings. The number of nitrogens with one attached hydrogen (secondary N) is 2. The highest BCUT2D eigenvalue weighted by molar-refractivity contribution is 5.80. The van der Waals surface area contributed by atoms with Crippen LogP contribution in [0.25, 0.3) is 0 Å². The molecule has 0 amide bonds. The van der Waals surface area contributed by atoms with Crippen LogP contribution in [0.5, 0.6) is 0 Å². The van der Waals surface area contributed by atoms with Crippen LogP contribution in [-0.4, -0.2) is 50.3 Å². The van der Waals surface area contributed by atoms with Gasteiger partial charge in [0.25, 0.3) is 0 Å². The second-order valence-electron chi connectivity index (χ2n) is 8.40. The molecule has 1 aliphatic heterocycles. The van der Waals surface area contributed by atoms with Gasteiger partial charge in [-0.2, -0.15) is 0 Å². The maximum atomic E-state index is 5.46. The monoisotopic (exact) mass is 406 g/mol. The van der Waals surface area contributed by atoms with Crippen LogP contribution < -0.4 is 10.6 Å². The van der Waals surface area contributed by atoms with E-state index in [1.165, 1.54) is 29.5 Å². The van der Waals surface area contributed by atoms with Gasteiger partial charge in [0, 0.05) is 38.1 Å². The van der Waals surface area contributed by atoms with Crippen LogP contribution in [0.4, 0.5) is 0 Å². The van der Waals surface area contributed by atoms with Crippen LogP contribution in [0.2, 0.25) is 0 Å². The van der Waals surface area contributed by atoms with E-state index in [-0.39, 0.29) is 5.41 Å². The Labute approximate surface area is 180 Å². The lowest BCUT2D eigenvalue weighted by Crippen LogP contribution is -2.41. The maximum absolute atomic E-state index is 5.46. The maximum Gasteiger partial charge on any atom is 0.191 e. The molecule has 4 rings (SSSR count). The van der Waals surface area contributed by atoms with Gasteiger partial charge >= 0.3 is 0 Å².